The number of imidazole rings is 1. The van der Waals surface area contributed by atoms with Gasteiger partial charge in [-0.25, -0.2) is 14.8 Å². The molecule has 5 atom stereocenters. The molecule has 234 valence electrons. The zero-order valence-corrected chi connectivity index (χ0v) is 25.9. The molecule has 43 heavy (non-hydrogen) atoms. The number of aryl methyl sites for hydroxylation is 1. The Bertz CT molecular complexity index is 1330. The van der Waals surface area contributed by atoms with E-state index in [4.69, 9.17) is 4.98 Å². The summed E-state index contributed by atoms with van der Waals surface area (Å²) in [4.78, 5) is 29.6. The van der Waals surface area contributed by atoms with Crippen LogP contribution < -0.4 is 10.9 Å². The number of H-pyrrole nitrogens is 1. The number of hydrogen-bond acceptors (Lipinski definition) is 7. The highest BCUT2D eigenvalue weighted by atomic mass is 19.1. The number of piperidine rings is 1. The average Bonchev–Trinajstić information content (AvgIpc) is 3.60. The maximum atomic E-state index is 14.3. The maximum Gasteiger partial charge on any atom is 0.240 e. The fraction of sp³-hybridized carbons (Fsp3) is 0.697. The van der Waals surface area contributed by atoms with Gasteiger partial charge in [-0.3, -0.25) is 20.0 Å². The summed E-state index contributed by atoms with van der Waals surface area (Å²) in [6, 6.07) is 4.10. The van der Waals surface area contributed by atoms with Crippen molar-refractivity contribution in [1.82, 2.24) is 35.5 Å². The second-order valence-corrected chi connectivity index (χ2v) is 13.9. The van der Waals surface area contributed by atoms with Crippen molar-refractivity contribution in [2.45, 2.75) is 115 Å². The van der Waals surface area contributed by atoms with Gasteiger partial charge < -0.3 is 15.0 Å². The summed E-state index contributed by atoms with van der Waals surface area (Å²) in [6.45, 7) is 11.2. The van der Waals surface area contributed by atoms with E-state index in [-0.39, 0.29) is 41.7 Å². The van der Waals surface area contributed by atoms with E-state index >= 15 is 0 Å². The highest BCUT2D eigenvalue weighted by molar-refractivity contribution is 5.83. The van der Waals surface area contributed by atoms with Crippen LogP contribution in [0.5, 0.6) is 5.75 Å². The van der Waals surface area contributed by atoms with E-state index in [1.54, 1.807) is 12.1 Å². The van der Waals surface area contributed by atoms with E-state index < -0.39 is 5.82 Å². The van der Waals surface area contributed by atoms with Crippen LogP contribution in [0.2, 0.25) is 0 Å². The number of hydrazine groups is 1. The number of aromatic hydroxyl groups is 1. The lowest BCUT2D eigenvalue weighted by Crippen LogP contribution is -2.65. The van der Waals surface area contributed by atoms with Gasteiger partial charge in [0.25, 0.3) is 0 Å². The lowest BCUT2D eigenvalue weighted by molar-refractivity contribution is -0.146. The van der Waals surface area contributed by atoms with Crippen molar-refractivity contribution < 1.29 is 14.3 Å². The molecule has 1 aromatic carbocycles. The van der Waals surface area contributed by atoms with E-state index in [9.17, 15) is 14.3 Å². The smallest absolute Gasteiger partial charge is 0.240 e. The normalized spacial score (nSPS) is 30.3. The van der Waals surface area contributed by atoms with Crippen LogP contribution in [0.3, 0.4) is 0 Å². The number of nitrogens with zero attached hydrogens (tertiary/aromatic N) is 4. The van der Waals surface area contributed by atoms with Crippen LogP contribution in [-0.4, -0.2) is 86.0 Å². The van der Waals surface area contributed by atoms with E-state index in [1.807, 2.05) is 0 Å². The summed E-state index contributed by atoms with van der Waals surface area (Å²) in [5, 5.41) is 9.90. The zero-order valence-electron chi connectivity index (χ0n) is 25.9. The summed E-state index contributed by atoms with van der Waals surface area (Å²) in [5.41, 5.74) is 11.3. The molecule has 0 spiro atoms. The Balaban J connectivity index is 1.03. The van der Waals surface area contributed by atoms with Crippen molar-refractivity contribution in [3.05, 3.63) is 46.3 Å². The Morgan fingerprint density at radius 3 is 2.67 bits per heavy atom. The Kier molecular flexibility index (Phi) is 7.99. The van der Waals surface area contributed by atoms with Gasteiger partial charge in [0, 0.05) is 44.2 Å². The van der Waals surface area contributed by atoms with Gasteiger partial charge in [0.2, 0.25) is 5.91 Å². The molecule has 0 bridgehead atoms. The van der Waals surface area contributed by atoms with Crippen molar-refractivity contribution in [1.29, 1.82) is 0 Å². The van der Waals surface area contributed by atoms with Crippen LogP contribution in [0.15, 0.2) is 12.1 Å². The molecule has 1 saturated carbocycles. The average molecular weight is 594 g/mol. The minimum atomic E-state index is -0.533. The number of amides is 1. The van der Waals surface area contributed by atoms with Crippen LogP contribution in [0.1, 0.15) is 99.6 Å². The van der Waals surface area contributed by atoms with Crippen molar-refractivity contribution in [3.8, 4) is 5.75 Å². The molecule has 1 aromatic heterocycles. The fourth-order valence-electron chi connectivity index (χ4n) is 8.56. The number of fused-ring (bicyclic) bond motifs is 2. The standard InChI is InChI=1S/C33H48FN7O2/c1-4-20-13-30(42)25(34)14-24(20)21-8-9-23-26(12-21)37-38-31(23)32-35-27-15-29(41(19(2)3)18-28(27)36-32)33(43)40-16-22(17-40)39-10-6-5-7-11-39/h13-14,19,21-23,26,29,31,37-38,42H,4-12,15-18H2,1-3H3,(H,35,36)/t21?,23?,26?,29-,31?/m0/s1. The van der Waals surface area contributed by atoms with Gasteiger partial charge in [-0.2, -0.15) is 0 Å². The third kappa shape index (κ3) is 5.38. The van der Waals surface area contributed by atoms with E-state index in [0.717, 1.165) is 67.1 Å². The number of hydrogen-bond donors (Lipinski definition) is 4. The molecule has 1 amide bonds. The number of benzene rings is 1. The summed E-state index contributed by atoms with van der Waals surface area (Å²) in [5.74, 6) is 1.05. The first kappa shape index (κ1) is 29.2. The number of halogens is 1. The highest BCUT2D eigenvalue weighted by Crippen LogP contribution is 2.45. The molecule has 3 saturated heterocycles. The van der Waals surface area contributed by atoms with Crippen LogP contribution in [0.25, 0.3) is 0 Å². The molecular weight excluding hydrogens is 545 g/mol. The molecule has 7 rings (SSSR count). The molecular formula is C33H48FN7O2. The van der Waals surface area contributed by atoms with Gasteiger partial charge in [0.05, 0.1) is 23.5 Å². The quantitative estimate of drug-likeness (QED) is 0.405. The first-order valence-electron chi connectivity index (χ1n) is 16.7. The predicted molar refractivity (Wildman–Crippen MR) is 163 cm³/mol. The van der Waals surface area contributed by atoms with Crippen molar-refractivity contribution in [2.24, 2.45) is 5.92 Å². The molecule has 1 aliphatic carbocycles. The number of phenols is 1. The van der Waals surface area contributed by atoms with Crippen molar-refractivity contribution >= 4 is 5.91 Å². The van der Waals surface area contributed by atoms with Crippen LogP contribution >= 0.6 is 0 Å². The summed E-state index contributed by atoms with van der Waals surface area (Å²) in [7, 11) is 0. The molecule has 4 unspecified atom stereocenters. The zero-order chi connectivity index (χ0) is 29.8. The molecule has 0 radical (unpaired) electrons. The molecule has 4 aliphatic heterocycles. The third-order valence-electron chi connectivity index (χ3n) is 11.1. The van der Waals surface area contributed by atoms with Crippen molar-refractivity contribution in [2.75, 3.05) is 26.2 Å². The number of nitrogens with one attached hydrogen (secondary N) is 3. The Morgan fingerprint density at radius 1 is 1.14 bits per heavy atom. The number of rotatable bonds is 6. The summed E-state index contributed by atoms with van der Waals surface area (Å²) >= 11 is 0. The summed E-state index contributed by atoms with van der Waals surface area (Å²) < 4.78 is 14.3. The number of aromatic nitrogens is 2. The van der Waals surface area contributed by atoms with Gasteiger partial charge in [0.15, 0.2) is 11.6 Å². The van der Waals surface area contributed by atoms with Gasteiger partial charge in [0.1, 0.15) is 5.82 Å². The maximum absolute atomic E-state index is 14.3. The van der Waals surface area contributed by atoms with Crippen LogP contribution in [-0.2, 0) is 24.2 Å². The minimum absolute atomic E-state index is 0.0704. The second-order valence-electron chi connectivity index (χ2n) is 13.9. The Hall–Kier alpha value is -2.53. The fourth-order valence-corrected chi connectivity index (χ4v) is 8.56. The SMILES string of the molecule is CCc1cc(O)c(F)cc1C1CCC2C(C1)NNC2c1nc2c([nH]1)CN(C(C)C)[C@H](C(=O)N1CC(N3CCCCC3)C1)C2. The Labute approximate surface area is 254 Å². The molecule has 10 heteroatoms. The minimum Gasteiger partial charge on any atom is -0.505 e. The molecule has 5 heterocycles. The van der Waals surface area contributed by atoms with Crippen LogP contribution in [0, 0.1) is 11.7 Å². The number of carbonyl (C=O) groups excluding carboxylic acids is 1. The molecule has 4 fully saturated rings. The first-order chi connectivity index (χ1) is 20.8. The molecule has 4 N–H and O–H groups in total. The molecule has 5 aliphatic rings. The highest BCUT2D eigenvalue weighted by Gasteiger charge is 2.45. The number of likely N-dealkylation sites (tertiary alicyclic amines) is 2. The van der Waals surface area contributed by atoms with E-state index in [1.165, 1.54) is 32.4 Å². The topological polar surface area (TPSA) is 99.8 Å². The number of phenolic OH excluding ortho intramolecular Hbond substituents is 1. The lowest BCUT2D eigenvalue weighted by Gasteiger charge is -2.49. The van der Waals surface area contributed by atoms with Gasteiger partial charge in [-0.1, -0.05) is 13.3 Å². The third-order valence-corrected chi connectivity index (χ3v) is 11.1. The largest absolute Gasteiger partial charge is 0.505 e. The van der Waals surface area contributed by atoms with Crippen molar-refractivity contribution in [3.63, 3.8) is 0 Å². The van der Waals surface area contributed by atoms with E-state index in [2.05, 4.69) is 51.3 Å². The van der Waals surface area contributed by atoms with Gasteiger partial charge in [-0.15, -0.1) is 0 Å². The Morgan fingerprint density at radius 2 is 1.93 bits per heavy atom. The summed E-state index contributed by atoms with van der Waals surface area (Å²) in [6.07, 6.45) is 8.21. The molecule has 2 aromatic rings. The number of aromatic amines is 1. The van der Waals surface area contributed by atoms with E-state index in [0.29, 0.717) is 24.9 Å². The second kappa shape index (κ2) is 11.8. The van der Waals surface area contributed by atoms with Gasteiger partial charge >= 0.3 is 0 Å². The number of carbonyl (C=O) groups is 1. The first-order valence-corrected chi connectivity index (χ1v) is 16.7. The lowest BCUT2D eigenvalue weighted by atomic mass is 9.73. The van der Waals surface area contributed by atoms with Gasteiger partial charge in [-0.05, 0) is 101 Å². The predicted octanol–water partition coefficient (Wildman–Crippen LogP) is 3.75. The molecule has 9 nitrogen and oxygen atoms in total. The monoisotopic (exact) mass is 593 g/mol. The van der Waals surface area contributed by atoms with Crippen LogP contribution in [0.4, 0.5) is 4.39 Å².